The van der Waals surface area contributed by atoms with Crippen LogP contribution in [0.5, 0.6) is 5.75 Å². The van der Waals surface area contributed by atoms with Gasteiger partial charge in [0, 0.05) is 49.5 Å². The van der Waals surface area contributed by atoms with Gasteiger partial charge in [-0.25, -0.2) is 14.8 Å². The highest BCUT2D eigenvalue weighted by Gasteiger charge is 2.46. The second-order valence-electron chi connectivity index (χ2n) is 14.1. The summed E-state index contributed by atoms with van der Waals surface area (Å²) in [6.07, 6.45) is 15.3. The molecule has 2 saturated carbocycles. The van der Waals surface area contributed by atoms with E-state index in [2.05, 4.69) is 27.0 Å². The van der Waals surface area contributed by atoms with Gasteiger partial charge in [0.05, 0.1) is 31.1 Å². The van der Waals surface area contributed by atoms with Crippen molar-refractivity contribution in [3.05, 3.63) is 82.4 Å². The van der Waals surface area contributed by atoms with E-state index in [-0.39, 0.29) is 17.5 Å². The van der Waals surface area contributed by atoms with Gasteiger partial charge in [-0.1, -0.05) is 24.1 Å². The number of carbonyl (C=O) groups is 1. The van der Waals surface area contributed by atoms with Crippen LogP contribution in [0.15, 0.2) is 54.9 Å². The van der Waals surface area contributed by atoms with Gasteiger partial charge in [0.15, 0.2) is 0 Å². The van der Waals surface area contributed by atoms with Gasteiger partial charge in [-0.15, -0.1) is 0 Å². The number of aromatic nitrogens is 2. The maximum atomic E-state index is 12.7. The van der Waals surface area contributed by atoms with Crippen LogP contribution in [0.4, 0.5) is 5.69 Å². The van der Waals surface area contributed by atoms with Crippen LogP contribution in [0.3, 0.4) is 0 Å². The van der Waals surface area contributed by atoms with E-state index in [0.717, 1.165) is 61.1 Å². The largest absolute Gasteiger partial charge is 0.490 e. The second-order valence-corrected chi connectivity index (χ2v) is 14.6. The number of hydrogen-bond donors (Lipinski definition) is 0. The lowest BCUT2D eigenvalue weighted by atomic mass is 9.64. The van der Waals surface area contributed by atoms with Gasteiger partial charge in [-0.3, -0.25) is 0 Å². The van der Waals surface area contributed by atoms with Crippen LogP contribution >= 0.6 is 11.6 Å². The minimum absolute atomic E-state index is 0.154. The quantitative estimate of drug-likeness (QED) is 0.236. The normalized spacial score (nSPS) is 27.8. The maximum Gasteiger partial charge on any atom is 0.337 e. The number of fused-ring (bicyclic) bond motifs is 3. The fraction of sp³-hybridized carbons (Fsp3) is 0.553. The summed E-state index contributed by atoms with van der Waals surface area (Å²) in [5, 5.41) is 0.789. The van der Waals surface area contributed by atoms with Crippen molar-refractivity contribution < 1.29 is 19.0 Å². The third-order valence-corrected chi connectivity index (χ3v) is 11.7. The fourth-order valence-corrected chi connectivity index (χ4v) is 9.32. The van der Waals surface area contributed by atoms with Crippen molar-refractivity contribution in [3.63, 3.8) is 0 Å². The lowest BCUT2D eigenvalue weighted by Gasteiger charge is -2.48. The number of methoxy groups -OCH3 is 2. The minimum atomic E-state index is -0.326. The molecule has 8 heteroatoms. The molecular weight excluding hydrogens is 598 g/mol. The van der Waals surface area contributed by atoms with Crippen molar-refractivity contribution in [2.45, 2.75) is 75.7 Å². The summed E-state index contributed by atoms with van der Waals surface area (Å²) >= 11 is 6.46. The van der Waals surface area contributed by atoms with Crippen molar-refractivity contribution in [1.82, 2.24) is 9.97 Å². The smallest absolute Gasteiger partial charge is 0.337 e. The number of hydrogen-bond acceptors (Lipinski definition) is 7. The first kappa shape index (κ1) is 31.4. The standard InChI is InChI=1S/C38H46ClN3O4/c1-44-36(27-7-3-6-25(18-27)19-35-40-16-5-17-41-35)31-12-9-29(31)22-42-23-38(15-4-8-26-20-30(39)11-13-32(26)38)24-46-34-14-10-28(21-33(34)42)37(43)45-2/h5,10-11,13-14,16-17,20-21,25,27,29,31,36H,3-4,6-9,12,15,18-19,22-24H2,1-2H3/t25-,27+,29+,31-,36+,38+/m1/s1. The van der Waals surface area contributed by atoms with Crippen molar-refractivity contribution in [1.29, 1.82) is 0 Å². The average molecular weight is 644 g/mol. The number of esters is 1. The van der Waals surface area contributed by atoms with E-state index in [4.69, 9.17) is 25.8 Å². The Morgan fingerprint density at radius 1 is 1.09 bits per heavy atom. The highest BCUT2D eigenvalue weighted by Crippen LogP contribution is 2.49. The fourth-order valence-electron chi connectivity index (χ4n) is 9.12. The van der Waals surface area contributed by atoms with Crippen LogP contribution in [0.25, 0.3) is 0 Å². The molecule has 1 spiro atoms. The highest BCUT2D eigenvalue weighted by atomic mass is 35.5. The van der Waals surface area contributed by atoms with E-state index >= 15 is 0 Å². The number of benzene rings is 2. The van der Waals surface area contributed by atoms with Crippen LogP contribution in [-0.4, -0.2) is 56.0 Å². The molecule has 46 heavy (non-hydrogen) atoms. The molecule has 0 saturated heterocycles. The summed E-state index contributed by atoms with van der Waals surface area (Å²) in [4.78, 5) is 24.2. The third kappa shape index (κ3) is 6.25. The third-order valence-electron chi connectivity index (χ3n) is 11.5. The zero-order valence-corrected chi connectivity index (χ0v) is 27.9. The molecule has 2 heterocycles. The summed E-state index contributed by atoms with van der Waals surface area (Å²) in [7, 11) is 3.36. The molecule has 0 bridgehead atoms. The number of anilines is 1. The Morgan fingerprint density at radius 3 is 2.74 bits per heavy atom. The molecule has 0 radical (unpaired) electrons. The number of aryl methyl sites for hydroxylation is 1. The van der Waals surface area contributed by atoms with Gasteiger partial charge >= 0.3 is 5.97 Å². The summed E-state index contributed by atoms with van der Waals surface area (Å²) in [5.74, 6) is 3.62. The van der Waals surface area contributed by atoms with Crippen LogP contribution in [-0.2, 0) is 27.7 Å². The van der Waals surface area contributed by atoms with E-state index in [9.17, 15) is 4.79 Å². The van der Waals surface area contributed by atoms with Crippen molar-refractivity contribution in [2.24, 2.45) is 23.7 Å². The van der Waals surface area contributed by atoms with E-state index in [1.165, 1.54) is 56.8 Å². The molecule has 3 aliphatic carbocycles. The van der Waals surface area contributed by atoms with Crippen LogP contribution < -0.4 is 9.64 Å². The Hall–Kier alpha value is -3.16. The molecular formula is C38H46ClN3O4. The zero-order valence-electron chi connectivity index (χ0n) is 27.1. The Labute approximate surface area is 278 Å². The second kappa shape index (κ2) is 13.5. The summed E-state index contributed by atoms with van der Waals surface area (Å²) in [6, 6.07) is 14.0. The number of halogens is 1. The summed E-state index contributed by atoms with van der Waals surface area (Å²) in [5.41, 5.74) is 4.07. The minimum Gasteiger partial charge on any atom is -0.490 e. The van der Waals surface area contributed by atoms with E-state index in [1.54, 1.807) is 0 Å². The molecule has 0 amide bonds. The SMILES string of the molecule is COC(=O)c1ccc2c(c1)N(C[C@@H]1CC[C@H]1[C@@H](OC)[C@H]1CCC[C@@H](Cc3ncccn3)C1)C[C@@]1(CCCc3cc(Cl)ccc31)CO2. The first-order valence-electron chi connectivity index (χ1n) is 17.1. The Morgan fingerprint density at radius 2 is 1.96 bits per heavy atom. The number of ether oxygens (including phenoxy) is 3. The van der Waals surface area contributed by atoms with Crippen LogP contribution in [0, 0.1) is 23.7 Å². The first-order valence-corrected chi connectivity index (χ1v) is 17.5. The zero-order chi connectivity index (χ0) is 31.7. The highest BCUT2D eigenvalue weighted by molar-refractivity contribution is 6.30. The van der Waals surface area contributed by atoms with Gasteiger partial charge in [-0.2, -0.15) is 0 Å². The Kier molecular flexibility index (Phi) is 9.24. The monoisotopic (exact) mass is 643 g/mol. The van der Waals surface area contributed by atoms with E-state index in [0.29, 0.717) is 35.8 Å². The topological polar surface area (TPSA) is 73.8 Å². The van der Waals surface area contributed by atoms with Gasteiger partial charge in [0.1, 0.15) is 11.6 Å². The van der Waals surface area contributed by atoms with Crippen LogP contribution in [0.1, 0.15) is 78.7 Å². The average Bonchev–Trinajstić information content (AvgIpc) is 3.22. The van der Waals surface area contributed by atoms with Crippen LogP contribution in [0.2, 0.25) is 5.02 Å². The molecule has 6 atom stereocenters. The summed E-state index contributed by atoms with van der Waals surface area (Å²) < 4.78 is 18.2. The van der Waals surface area contributed by atoms with Crippen molar-refractivity contribution in [3.8, 4) is 5.75 Å². The molecule has 7 rings (SSSR count). The lowest BCUT2D eigenvalue weighted by molar-refractivity contribution is -0.0643. The molecule has 4 aliphatic rings. The Balaban J connectivity index is 1.15. The number of carbonyl (C=O) groups excluding carboxylic acids is 1. The molecule has 0 unspecified atom stereocenters. The predicted molar refractivity (Wildman–Crippen MR) is 180 cm³/mol. The predicted octanol–water partition coefficient (Wildman–Crippen LogP) is 7.48. The number of nitrogens with zero attached hydrogens (tertiary/aromatic N) is 3. The Bertz CT molecular complexity index is 1540. The van der Waals surface area contributed by atoms with Crippen molar-refractivity contribution in [2.75, 3.05) is 38.8 Å². The molecule has 244 valence electrons. The molecule has 2 fully saturated rings. The van der Waals surface area contributed by atoms with Gasteiger partial charge < -0.3 is 19.1 Å². The van der Waals surface area contributed by atoms with Crippen molar-refractivity contribution >= 4 is 23.3 Å². The molecule has 0 N–H and O–H groups in total. The van der Waals surface area contributed by atoms with E-state index in [1.807, 2.05) is 49.8 Å². The van der Waals surface area contributed by atoms with Gasteiger partial charge in [0.2, 0.25) is 0 Å². The van der Waals surface area contributed by atoms with Gasteiger partial charge in [0.25, 0.3) is 0 Å². The lowest BCUT2D eigenvalue weighted by Crippen LogP contribution is -2.51. The number of rotatable bonds is 8. The molecule has 2 aromatic carbocycles. The molecule has 1 aliphatic heterocycles. The summed E-state index contributed by atoms with van der Waals surface area (Å²) in [6.45, 7) is 2.35. The molecule has 7 nitrogen and oxygen atoms in total. The molecule has 3 aromatic rings. The maximum absolute atomic E-state index is 12.7. The molecule has 1 aromatic heterocycles. The van der Waals surface area contributed by atoms with Gasteiger partial charge in [-0.05, 0) is 123 Å². The first-order chi connectivity index (χ1) is 22.5. The van der Waals surface area contributed by atoms with E-state index < -0.39 is 0 Å².